The van der Waals surface area contributed by atoms with E-state index < -0.39 is 0 Å². The van der Waals surface area contributed by atoms with Gasteiger partial charge < -0.3 is 4.98 Å². The minimum absolute atomic E-state index is 0.662. The van der Waals surface area contributed by atoms with Crippen molar-refractivity contribution < 1.29 is 0 Å². The molecule has 2 nitrogen and oxygen atoms in total. The summed E-state index contributed by atoms with van der Waals surface area (Å²) in [6.45, 7) is 2.14. The normalized spacial score (nSPS) is 11.1. The first-order valence-electron chi connectivity index (χ1n) is 8.22. The Balaban J connectivity index is 1.72. The van der Waals surface area contributed by atoms with Crippen molar-refractivity contribution >= 4 is 34.4 Å². The maximum Gasteiger partial charge on any atom is 0.0899 e. The van der Waals surface area contributed by atoms with Gasteiger partial charge in [-0.15, -0.1) is 11.8 Å². The second-order valence-corrected chi connectivity index (χ2v) is 7.47. The van der Waals surface area contributed by atoms with Gasteiger partial charge in [-0.2, -0.15) is 0 Å². The minimum atomic E-state index is 0.662. The van der Waals surface area contributed by atoms with Crippen LogP contribution in [0.3, 0.4) is 0 Å². The average Bonchev–Trinajstić information content (AvgIpc) is 3.03. The number of hydrogen-bond acceptors (Lipinski definition) is 2. The topological polar surface area (TPSA) is 28.7 Å². The quantitative estimate of drug-likeness (QED) is 0.410. The van der Waals surface area contributed by atoms with Crippen LogP contribution in [0.25, 0.3) is 33.4 Å². The Labute approximate surface area is 156 Å². The predicted octanol–water partition coefficient (Wildman–Crippen LogP) is 6.66. The molecule has 4 heteroatoms. The van der Waals surface area contributed by atoms with Crippen LogP contribution < -0.4 is 0 Å². The third-order valence-corrected chi connectivity index (χ3v) is 5.20. The number of thioether (sulfide) groups is 1. The van der Waals surface area contributed by atoms with Crippen molar-refractivity contribution in [2.45, 2.75) is 11.9 Å². The highest BCUT2D eigenvalue weighted by atomic mass is 35.5. The fourth-order valence-corrected chi connectivity index (χ4v) is 3.84. The Kier molecular flexibility index (Phi) is 4.51. The molecule has 124 valence electrons. The monoisotopic (exact) mass is 364 g/mol. The van der Waals surface area contributed by atoms with Gasteiger partial charge in [-0.05, 0) is 29.0 Å². The molecule has 0 bridgehead atoms. The predicted molar refractivity (Wildman–Crippen MR) is 108 cm³/mol. The zero-order valence-electron chi connectivity index (χ0n) is 13.8. The number of hydrogen-bond donors (Lipinski definition) is 1. The van der Waals surface area contributed by atoms with E-state index in [1.54, 1.807) is 11.8 Å². The maximum atomic E-state index is 6.49. The van der Waals surface area contributed by atoms with Gasteiger partial charge in [0.1, 0.15) is 0 Å². The lowest BCUT2D eigenvalue weighted by atomic mass is 10.0. The first-order valence-corrected chi connectivity index (χ1v) is 9.59. The number of aromatic amines is 1. The van der Waals surface area contributed by atoms with Gasteiger partial charge in [0, 0.05) is 5.56 Å². The minimum Gasteiger partial charge on any atom is -0.348 e. The van der Waals surface area contributed by atoms with Crippen LogP contribution in [-0.2, 0) is 0 Å². The van der Waals surface area contributed by atoms with Gasteiger partial charge in [0.25, 0.3) is 0 Å². The number of aromatic nitrogens is 2. The zero-order valence-corrected chi connectivity index (χ0v) is 15.4. The summed E-state index contributed by atoms with van der Waals surface area (Å²) >= 11 is 8.26. The number of pyridine rings is 1. The molecule has 2 aromatic carbocycles. The van der Waals surface area contributed by atoms with Crippen LogP contribution >= 0.6 is 23.4 Å². The van der Waals surface area contributed by atoms with Crippen molar-refractivity contribution in [3.63, 3.8) is 0 Å². The van der Waals surface area contributed by atoms with Crippen LogP contribution in [0, 0.1) is 0 Å². The van der Waals surface area contributed by atoms with Crippen molar-refractivity contribution in [1.29, 1.82) is 0 Å². The highest BCUT2D eigenvalue weighted by Gasteiger charge is 2.10. The molecule has 2 heterocycles. The third kappa shape index (κ3) is 3.30. The number of H-pyrrole nitrogens is 1. The van der Waals surface area contributed by atoms with E-state index >= 15 is 0 Å². The lowest BCUT2D eigenvalue weighted by molar-refractivity contribution is 1.24. The van der Waals surface area contributed by atoms with Crippen LogP contribution in [0.1, 0.15) is 6.92 Å². The summed E-state index contributed by atoms with van der Waals surface area (Å²) in [7, 11) is 0. The highest BCUT2D eigenvalue weighted by molar-refractivity contribution is 7.99. The fourth-order valence-electron chi connectivity index (χ4n) is 2.89. The van der Waals surface area contributed by atoms with Gasteiger partial charge in [0.05, 0.1) is 26.8 Å². The van der Waals surface area contributed by atoms with Crippen LogP contribution in [0.4, 0.5) is 0 Å². The second kappa shape index (κ2) is 6.95. The van der Waals surface area contributed by atoms with Crippen molar-refractivity contribution in [1.82, 2.24) is 9.97 Å². The largest absolute Gasteiger partial charge is 0.348 e. The van der Waals surface area contributed by atoms with Gasteiger partial charge in [0.2, 0.25) is 0 Å². The van der Waals surface area contributed by atoms with Crippen LogP contribution in [0.2, 0.25) is 5.02 Å². The number of nitrogens with zero attached hydrogens (tertiary/aromatic N) is 1. The van der Waals surface area contributed by atoms with Crippen LogP contribution in [0.15, 0.2) is 71.8 Å². The van der Waals surface area contributed by atoms with E-state index in [2.05, 4.69) is 54.4 Å². The molecule has 0 spiro atoms. The molecular weight excluding hydrogens is 348 g/mol. The van der Waals surface area contributed by atoms with E-state index in [1.165, 1.54) is 11.1 Å². The summed E-state index contributed by atoms with van der Waals surface area (Å²) in [4.78, 5) is 8.14. The summed E-state index contributed by atoms with van der Waals surface area (Å²) in [5.74, 6) is 1.02. The average molecular weight is 365 g/mol. The number of benzene rings is 2. The van der Waals surface area contributed by atoms with E-state index in [1.807, 2.05) is 24.3 Å². The molecule has 0 radical (unpaired) electrons. The van der Waals surface area contributed by atoms with Gasteiger partial charge >= 0.3 is 0 Å². The molecule has 0 atom stereocenters. The first-order chi connectivity index (χ1) is 12.2. The third-order valence-electron chi connectivity index (χ3n) is 4.10. The molecular formula is C21H17ClN2S. The summed E-state index contributed by atoms with van der Waals surface area (Å²) < 4.78 is 0. The SMILES string of the molecule is CCSc1cc2nc(-c3ccc(-c4ccccc4)cc3)c(Cl)cc2[nH]1. The summed E-state index contributed by atoms with van der Waals surface area (Å²) in [5.41, 5.74) is 6.16. The maximum absolute atomic E-state index is 6.49. The fraction of sp³-hybridized carbons (Fsp3) is 0.0952. The van der Waals surface area contributed by atoms with Crippen molar-refractivity contribution in [3.05, 3.63) is 71.8 Å². The number of rotatable bonds is 4. The standard InChI is InChI=1S/C21H17ClN2S/c1-2-25-20-13-19-18(23-20)12-17(22)21(24-19)16-10-8-15(9-11-16)14-6-4-3-5-7-14/h3-13,23H,2H2,1H3. The Bertz CT molecular complexity index is 1010. The smallest absolute Gasteiger partial charge is 0.0899 e. The van der Waals surface area contributed by atoms with Crippen molar-refractivity contribution in [3.8, 4) is 22.4 Å². The van der Waals surface area contributed by atoms with E-state index in [9.17, 15) is 0 Å². The molecule has 4 aromatic rings. The Morgan fingerprint density at radius 2 is 1.60 bits per heavy atom. The Morgan fingerprint density at radius 3 is 2.32 bits per heavy atom. The van der Waals surface area contributed by atoms with Crippen LogP contribution in [-0.4, -0.2) is 15.7 Å². The molecule has 0 aliphatic carbocycles. The first kappa shape index (κ1) is 16.2. The highest BCUT2D eigenvalue weighted by Crippen LogP contribution is 2.32. The van der Waals surface area contributed by atoms with E-state index in [0.717, 1.165) is 33.1 Å². The lowest BCUT2D eigenvalue weighted by Gasteiger charge is -2.06. The molecule has 0 aliphatic rings. The van der Waals surface area contributed by atoms with Crippen LogP contribution in [0.5, 0.6) is 0 Å². The molecule has 0 aliphatic heterocycles. The number of fused-ring (bicyclic) bond motifs is 1. The Morgan fingerprint density at radius 1 is 0.920 bits per heavy atom. The number of halogens is 1. The van der Waals surface area contributed by atoms with Crippen molar-refractivity contribution in [2.24, 2.45) is 0 Å². The summed E-state index contributed by atoms with van der Waals surface area (Å²) in [5, 5.41) is 1.78. The molecule has 0 unspecified atom stereocenters. The zero-order chi connectivity index (χ0) is 17.2. The van der Waals surface area contributed by atoms with E-state index in [-0.39, 0.29) is 0 Å². The van der Waals surface area contributed by atoms with Gasteiger partial charge in [-0.1, -0.05) is 73.1 Å². The second-order valence-electron chi connectivity index (χ2n) is 5.76. The lowest BCUT2D eigenvalue weighted by Crippen LogP contribution is -1.86. The molecule has 0 saturated heterocycles. The van der Waals surface area contributed by atoms with Gasteiger partial charge in [0.15, 0.2) is 0 Å². The van der Waals surface area contributed by atoms with E-state index in [4.69, 9.17) is 16.6 Å². The molecule has 2 aromatic heterocycles. The Hall–Kier alpha value is -2.23. The molecule has 0 saturated carbocycles. The number of nitrogens with one attached hydrogen (secondary N) is 1. The molecule has 0 amide bonds. The molecule has 0 fully saturated rings. The summed E-state index contributed by atoms with van der Waals surface area (Å²) in [6.07, 6.45) is 0. The van der Waals surface area contributed by atoms with Gasteiger partial charge in [-0.25, -0.2) is 4.98 Å². The molecule has 4 rings (SSSR count). The molecule has 1 N–H and O–H groups in total. The molecule has 25 heavy (non-hydrogen) atoms. The van der Waals surface area contributed by atoms with Crippen molar-refractivity contribution in [2.75, 3.05) is 5.75 Å². The van der Waals surface area contributed by atoms with Gasteiger partial charge in [-0.3, -0.25) is 0 Å². The van der Waals surface area contributed by atoms with E-state index in [0.29, 0.717) is 5.02 Å². The summed E-state index contributed by atoms with van der Waals surface area (Å²) in [6, 6.07) is 22.8.